The number of hydrogen-bond acceptors (Lipinski definition) is 9. The van der Waals surface area contributed by atoms with E-state index in [0.29, 0.717) is 5.82 Å². The van der Waals surface area contributed by atoms with E-state index in [1.165, 1.54) is 7.11 Å². The Hall–Kier alpha value is -3.40. The standard InChI is InChI=1S/C15H17N7O3/c1-25-12(23)7-18-14(24)13-9-6-8(2-3-10(9)21-22-13)19-11-4-5-17-15(16)20-11/h2-6,13,21-22H,7H2,1H3,(H,18,24)(H3,16,17,19,20). The highest BCUT2D eigenvalue weighted by molar-refractivity contribution is 5.90. The molecule has 0 saturated heterocycles. The molecule has 2 heterocycles. The van der Waals surface area contributed by atoms with E-state index in [1.807, 2.05) is 18.2 Å². The molecule has 1 aromatic carbocycles. The van der Waals surface area contributed by atoms with Gasteiger partial charge in [-0.05, 0) is 24.3 Å². The number of nitrogen functional groups attached to an aromatic ring is 1. The second kappa shape index (κ2) is 7.01. The number of hydrazine groups is 1. The van der Waals surface area contributed by atoms with Crippen molar-refractivity contribution in [1.29, 1.82) is 0 Å². The van der Waals surface area contributed by atoms with Gasteiger partial charge in [0.05, 0.1) is 12.8 Å². The number of rotatable bonds is 5. The maximum Gasteiger partial charge on any atom is 0.325 e. The first-order valence-electron chi connectivity index (χ1n) is 7.42. The quantitative estimate of drug-likeness (QED) is 0.476. The molecule has 0 bridgehead atoms. The van der Waals surface area contributed by atoms with Gasteiger partial charge in [-0.25, -0.2) is 10.4 Å². The number of esters is 1. The fraction of sp³-hybridized carbons (Fsp3) is 0.200. The molecule has 1 unspecified atom stereocenters. The smallest absolute Gasteiger partial charge is 0.325 e. The first-order chi connectivity index (χ1) is 12.1. The van der Waals surface area contributed by atoms with Crippen molar-refractivity contribution in [2.24, 2.45) is 0 Å². The van der Waals surface area contributed by atoms with Gasteiger partial charge >= 0.3 is 5.97 Å². The Balaban J connectivity index is 1.74. The lowest BCUT2D eigenvalue weighted by molar-refractivity contribution is -0.141. The zero-order valence-corrected chi connectivity index (χ0v) is 13.4. The van der Waals surface area contributed by atoms with E-state index in [1.54, 1.807) is 12.3 Å². The van der Waals surface area contributed by atoms with E-state index >= 15 is 0 Å². The van der Waals surface area contributed by atoms with Crippen molar-refractivity contribution in [3.63, 3.8) is 0 Å². The van der Waals surface area contributed by atoms with Crippen LogP contribution in [0.5, 0.6) is 0 Å². The maximum atomic E-state index is 12.3. The normalized spacial score (nSPS) is 15.0. The van der Waals surface area contributed by atoms with E-state index in [2.05, 4.69) is 36.2 Å². The number of methoxy groups -OCH3 is 1. The molecule has 3 rings (SSSR count). The van der Waals surface area contributed by atoms with Crippen LogP contribution in [0.1, 0.15) is 11.6 Å². The van der Waals surface area contributed by atoms with Gasteiger partial charge < -0.3 is 26.5 Å². The number of fused-ring (bicyclic) bond motifs is 1. The Kier molecular flexibility index (Phi) is 4.61. The molecule has 1 aliphatic heterocycles. The highest BCUT2D eigenvalue weighted by atomic mass is 16.5. The van der Waals surface area contributed by atoms with Crippen LogP contribution in [-0.4, -0.2) is 35.5 Å². The SMILES string of the molecule is COC(=O)CNC(=O)C1NNc2ccc(Nc3ccnc(N)n3)cc21. The Bertz CT molecular complexity index is 811. The highest BCUT2D eigenvalue weighted by Crippen LogP contribution is 2.31. The highest BCUT2D eigenvalue weighted by Gasteiger charge is 2.28. The third-order valence-corrected chi connectivity index (χ3v) is 3.56. The van der Waals surface area contributed by atoms with Gasteiger partial charge in [0, 0.05) is 17.4 Å². The molecular weight excluding hydrogens is 326 g/mol. The lowest BCUT2D eigenvalue weighted by Gasteiger charge is -2.12. The molecule has 2 aromatic rings. The van der Waals surface area contributed by atoms with Gasteiger partial charge in [0.1, 0.15) is 18.4 Å². The molecule has 10 nitrogen and oxygen atoms in total. The molecule has 10 heteroatoms. The number of nitrogens with two attached hydrogens (primary N) is 1. The predicted molar refractivity (Wildman–Crippen MR) is 90.7 cm³/mol. The van der Waals surface area contributed by atoms with Crippen LogP contribution in [0.2, 0.25) is 0 Å². The number of carbonyl (C=O) groups is 2. The molecule has 1 atom stereocenters. The summed E-state index contributed by atoms with van der Waals surface area (Å²) in [6.07, 6.45) is 1.55. The van der Waals surface area contributed by atoms with Gasteiger partial charge in [0.15, 0.2) is 0 Å². The molecule has 0 aliphatic carbocycles. The zero-order chi connectivity index (χ0) is 17.8. The Morgan fingerprint density at radius 3 is 2.96 bits per heavy atom. The largest absolute Gasteiger partial charge is 0.468 e. The van der Waals surface area contributed by atoms with Crippen molar-refractivity contribution < 1.29 is 14.3 Å². The van der Waals surface area contributed by atoms with Gasteiger partial charge in [0.2, 0.25) is 11.9 Å². The average Bonchev–Trinajstić information content (AvgIpc) is 3.02. The van der Waals surface area contributed by atoms with Crippen molar-refractivity contribution in [3.8, 4) is 0 Å². The van der Waals surface area contributed by atoms with Crippen LogP contribution in [0.4, 0.5) is 23.1 Å². The van der Waals surface area contributed by atoms with E-state index < -0.39 is 12.0 Å². The van der Waals surface area contributed by atoms with E-state index in [4.69, 9.17) is 5.73 Å². The summed E-state index contributed by atoms with van der Waals surface area (Å²) in [4.78, 5) is 31.3. The average molecular weight is 343 g/mol. The molecule has 6 N–H and O–H groups in total. The fourth-order valence-corrected chi connectivity index (χ4v) is 2.35. The minimum Gasteiger partial charge on any atom is -0.468 e. The van der Waals surface area contributed by atoms with Gasteiger partial charge in [-0.15, -0.1) is 0 Å². The fourth-order valence-electron chi connectivity index (χ4n) is 2.35. The van der Waals surface area contributed by atoms with Crippen molar-refractivity contribution in [3.05, 3.63) is 36.0 Å². The van der Waals surface area contributed by atoms with Gasteiger partial charge in [0.25, 0.3) is 0 Å². The topological polar surface area (TPSA) is 143 Å². The van der Waals surface area contributed by atoms with E-state index in [0.717, 1.165) is 16.9 Å². The molecule has 0 saturated carbocycles. The number of anilines is 4. The molecule has 0 spiro atoms. The summed E-state index contributed by atoms with van der Waals surface area (Å²) in [6.45, 7) is -0.193. The van der Waals surface area contributed by atoms with Crippen LogP contribution in [0.3, 0.4) is 0 Å². The third-order valence-electron chi connectivity index (χ3n) is 3.56. The molecule has 1 amide bonds. The second-order valence-electron chi connectivity index (χ2n) is 5.22. The van der Waals surface area contributed by atoms with Crippen LogP contribution >= 0.6 is 0 Å². The lowest BCUT2D eigenvalue weighted by Crippen LogP contribution is -2.38. The summed E-state index contributed by atoms with van der Waals surface area (Å²) in [6, 6.07) is 6.50. The van der Waals surface area contributed by atoms with Crippen LogP contribution < -0.4 is 27.2 Å². The van der Waals surface area contributed by atoms with E-state index in [-0.39, 0.29) is 18.4 Å². The van der Waals surface area contributed by atoms with Crippen molar-refractivity contribution in [2.45, 2.75) is 6.04 Å². The number of nitrogens with one attached hydrogen (secondary N) is 4. The summed E-state index contributed by atoms with van der Waals surface area (Å²) < 4.78 is 4.51. The zero-order valence-electron chi connectivity index (χ0n) is 13.4. The predicted octanol–water partition coefficient (Wildman–Crippen LogP) is 0.0628. The first kappa shape index (κ1) is 16.5. The minimum atomic E-state index is -0.642. The minimum absolute atomic E-state index is 0.162. The third kappa shape index (κ3) is 3.75. The van der Waals surface area contributed by atoms with Gasteiger partial charge in [-0.2, -0.15) is 4.98 Å². The molecule has 1 aliphatic rings. The maximum absolute atomic E-state index is 12.3. The lowest BCUT2D eigenvalue weighted by atomic mass is 10.1. The number of aromatic nitrogens is 2. The number of hydrogen-bond donors (Lipinski definition) is 5. The summed E-state index contributed by atoms with van der Waals surface area (Å²) >= 11 is 0. The Morgan fingerprint density at radius 1 is 1.36 bits per heavy atom. The molecule has 0 fully saturated rings. The summed E-state index contributed by atoms with van der Waals surface area (Å²) in [7, 11) is 1.26. The van der Waals surface area contributed by atoms with E-state index in [9.17, 15) is 9.59 Å². The molecule has 130 valence electrons. The van der Waals surface area contributed by atoms with Crippen LogP contribution in [-0.2, 0) is 14.3 Å². The van der Waals surface area contributed by atoms with Crippen molar-refractivity contribution in [2.75, 3.05) is 30.1 Å². The van der Waals surface area contributed by atoms with Gasteiger partial charge in [-0.3, -0.25) is 9.59 Å². The monoisotopic (exact) mass is 343 g/mol. The number of amides is 1. The molecule has 25 heavy (non-hydrogen) atoms. The molecule has 1 aromatic heterocycles. The Morgan fingerprint density at radius 2 is 2.20 bits per heavy atom. The number of benzene rings is 1. The Labute approximate surface area is 143 Å². The van der Waals surface area contributed by atoms with Crippen LogP contribution in [0, 0.1) is 0 Å². The van der Waals surface area contributed by atoms with Crippen molar-refractivity contribution in [1.82, 2.24) is 20.7 Å². The number of carbonyl (C=O) groups excluding carboxylic acids is 2. The first-order valence-corrected chi connectivity index (χ1v) is 7.42. The number of nitrogens with zero attached hydrogens (tertiary/aromatic N) is 2. The molecule has 0 radical (unpaired) electrons. The number of ether oxygens (including phenoxy) is 1. The molecular formula is C15H17N7O3. The van der Waals surface area contributed by atoms with Crippen LogP contribution in [0.15, 0.2) is 30.5 Å². The summed E-state index contributed by atoms with van der Waals surface area (Å²) in [5.74, 6) is -0.163. The summed E-state index contributed by atoms with van der Waals surface area (Å²) in [5.41, 5.74) is 13.6. The van der Waals surface area contributed by atoms with Crippen LogP contribution in [0.25, 0.3) is 0 Å². The van der Waals surface area contributed by atoms with Gasteiger partial charge in [-0.1, -0.05) is 0 Å². The van der Waals surface area contributed by atoms with Crippen molar-refractivity contribution >= 4 is 35.0 Å². The second-order valence-corrected chi connectivity index (χ2v) is 5.22. The summed E-state index contributed by atoms with van der Waals surface area (Å²) in [5, 5.41) is 5.62.